The minimum absolute atomic E-state index is 0.284. The number of halogens is 3. The van der Waals surface area contributed by atoms with E-state index in [0.717, 1.165) is 12.1 Å². The number of hydrogen-bond acceptors (Lipinski definition) is 1. The zero-order chi connectivity index (χ0) is 13.6. The van der Waals surface area contributed by atoms with Crippen LogP contribution in [0.25, 0.3) is 16.7 Å². The molecule has 0 saturated carbocycles. The molecular weight excluding hydrogens is 273 g/mol. The van der Waals surface area contributed by atoms with E-state index in [4.69, 9.17) is 12.2 Å². The van der Waals surface area contributed by atoms with Crippen molar-refractivity contribution >= 4 is 23.3 Å². The zero-order valence-corrected chi connectivity index (χ0v) is 10.3. The van der Waals surface area contributed by atoms with Gasteiger partial charge in [-0.1, -0.05) is 0 Å². The van der Waals surface area contributed by atoms with E-state index in [2.05, 4.69) is 4.98 Å². The van der Waals surface area contributed by atoms with Crippen molar-refractivity contribution in [3.8, 4) is 5.69 Å². The quantitative estimate of drug-likeness (QED) is 0.665. The Morgan fingerprint density at radius 2 is 1.74 bits per heavy atom. The highest BCUT2D eigenvalue weighted by atomic mass is 32.1. The normalized spacial score (nSPS) is 11.1. The van der Waals surface area contributed by atoms with Gasteiger partial charge in [-0.2, -0.15) is 0 Å². The highest BCUT2D eigenvalue weighted by molar-refractivity contribution is 7.71. The molecule has 2 nitrogen and oxygen atoms in total. The molecule has 0 aliphatic heterocycles. The lowest BCUT2D eigenvalue weighted by atomic mass is 10.2. The lowest BCUT2D eigenvalue weighted by Crippen LogP contribution is -1.96. The van der Waals surface area contributed by atoms with Gasteiger partial charge in [-0.3, -0.25) is 4.57 Å². The predicted octanol–water partition coefficient (Wildman–Crippen LogP) is 4.11. The number of rotatable bonds is 1. The number of fused-ring (bicyclic) bond motifs is 1. The van der Waals surface area contributed by atoms with Crippen LogP contribution in [0.5, 0.6) is 0 Å². The molecule has 19 heavy (non-hydrogen) atoms. The first-order valence-electron chi connectivity index (χ1n) is 5.42. The third-order valence-electron chi connectivity index (χ3n) is 2.81. The first kappa shape index (κ1) is 12.0. The van der Waals surface area contributed by atoms with E-state index in [1.54, 1.807) is 0 Å². The first-order valence-corrected chi connectivity index (χ1v) is 5.83. The lowest BCUT2D eigenvalue weighted by Gasteiger charge is -2.05. The molecule has 0 fully saturated rings. The van der Waals surface area contributed by atoms with Crippen LogP contribution < -0.4 is 0 Å². The van der Waals surface area contributed by atoms with Crippen LogP contribution in [-0.4, -0.2) is 9.55 Å². The first-order chi connectivity index (χ1) is 9.06. The SMILES string of the molecule is Fc1ccc2[nH]c(=S)n(-c3ccc(F)c(F)c3)c2c1. The molecule has 3 aromatic rings. The number of nitrogens with zero attached hydrogens (tertiary/aromatic N) is 1. The molecule has 0 aliphatic rings. The third-order valence-corrected chi connectivity index (χ3v) is 3.09. The Hall–Kier alpha value is -2.08. The summed E-state index contributed by atoms with van der Waals surface area (Å²) >= 11 is 5.12. The summed E-state index contributed by atoms with van der Waals surface area (Å²) < 4.78 is 41.2. The van der Waals surface area contributed by atoms with E-state index >= 15 is 0 Å². The number of hydrogen-bond donors (Lipinski definition) is 1. The molecule has 0 aliphatic carbocycles. The molecule has 0 unspecified atom stereocenters. The van der Waals surface area contributed by atoms with Gasteiger partial charge in [0.25, 0.3) is 0 Å². The molecular formula is C13H7F3N2S. The molecule has 0 saturated heterocycles. The number of aromatic nitrogens is 2. The predicted molar refractivity (Wildman–Crippen MR) is 68.3 cm³/mol. The van der Waals surface area contributed by atoms with Gasteiger partial charge in [0.15, 0.2) is 16.4 Å². The van der Waals surface area contributed by atoms with E-state index in [1.807, 2.05) is 0 Å². The van der Waals surface area contributed by atoms with E-state index in [-0.39, 0.29) is 4.77 Å². The lowest BCUT2D eigenvalue weighted by molar-refractivity contribution is 0.508. The summed E-state index contributed by atoms with van der Waals surface area (Å²) in [6.45, 7) is 0. The average Bonchev–Trinajstić information content (AvgIpc) is 2.68. The number of imidazole rings is 1. The second kappa shape index (κ2) is 4.24. The Labute approximate surface area is 111 Å². The van der Waals surface area contributed by atoms with Gasteiger partial charge in [-0.25, -0.2) is 13.2 Å². The van der Waals surface area contributed by atoms with E-state index in [1.165, 1.54) is 28.8 Å². The van der Waals surface area contributed by atoms with Crippen LogP contribution in [0.3, 0.4) is 0 Å². The van der Waals surface area contributed by atoms with Crippen molar-refractivity contribution < 1.29 is 13.2 Å². The summed E-state index contributed by atoms with van der Waals surface area (Å²) in [5, 5.41) is 0. The van der Waals surface area contributed by atoms with Crippen molar-refractivity contribution in [2.45, 2.75) is 0 Å². The maximum atomic E-state index is 13.3. The maximum absolute atomic E-state index is 13.3. The fourth-order valence-corrected chi connectivity index (χ4v) is 2.27. The van der Waals surface area contributed by atoms with Crippen molar-refractivity contribution in [2.75, 3.05) is 0 Å². The third kappa shape index (κ3) is 1.94. The fraction of sp³-hybridized carbons (Fsp3) is 0. The van der Waals surface area contributed by atoms with Crippen LogP contribution in [0, 0.1) is 22.2 Å². The van der Waals surface area contributed by atoms with Gasteiger partial charge in [0.2, 0.25) is 0 Å². The molecule has 6 heteroatoms. The summed E-state index contributed by atoms with van der Waals surface area (Å²) in [4.78, 5) is 2.88. The summed E-state index contributed by atoms with van der Waals surface area (Å²) in [7, 11) is 0. The molecule has 1 N–H and O–H groups in total. The molecule has 0 spiro atoms. The highest BCUT2D eigenvalue weighted by Crippen LogP contribution is 2.21. The van der Waals surface area contributed by atoms with Crippen molar-refractivity contribution in [3.05, 3.63) is 58.6 Å². The molecule has 2 aromatic carbocycles. The van der Waals surface area contributed by atoms with E-state index < -0.39 is 17.5 Å². The van der Waals surface area contributed by atoms with Crippen LogP contribution in [0.4, 0.5) is 13.2 Å². The van der Waals surface area contributed by atoms with Crippen LogP contribution in [-0.2, 0) is 0 Å². The maximum Gasteiger partial charge on any atom is 0.182 e. The Morgan fingerprint density at radius 1 is 0.947 bits per heavy atom. The zero-order valence-electron chi connectivity index (χ0n) is 9.45. The van der Waals surface area contributed by atoms with E-state index in [0.29, 0.717) is 16.7 Å². The number of benzene rings is 2. The molecule has 0 radical (unpaired) electrons. The van der Waals surface area contributed by atoms with Gasteiger partial charge in [-0.15, -0.1) is 0 Å². The van der Waals surface area contributed by atoms with Gasteiger partial charge in [0.05, 0.1) is 16.7 Å². The molecule has 1 aromatic heterocycles. The van der Waals surface area contributed by atoms with Crippen LogP contribution in [0.2, 0.25) is 0 Å². The minimum Gasteiger partial charge on any atom is -0.330 e. The molecule has 0 bridgehead atoms. The minimum atomic E-state index is -0.981. The summed E-state index contributed by atoms with van der Waals surface area (Å²) in [5.41, 5.74) is 1.42. The smallest absolute Gasteiger partial charge is 0.182 e. The molecule has 1 heterocycles. The van der Waals surface area contributed by atoms with Gasteiger partial charge >= 0.3 is 0 Å². The number of aromatic amines is 1. The largest absolute Gasteiger partial charge is 0.330 e. The topological polar surface area (TPSA) is 20.7 Å². The summed E-state index contributed by atoms with van der Waals surface area (Å²) in [6, 6.07) is 7.52. The van der Waals surface area contributed by atoms with Crippen LogP contribution in [0.1, 0.15) is 0 Å². The highest BCUT2D eigenvalue weighted by Gasteiger charge is 2.10. The number of H-pyrrole nitrogens is 1. The Morgan fingerprint density at radius 3 is 2.47 bits per heavy atom. The molecule has 0 atom stereocenters. The van der Waals surface area contributed by atoms with Crippen molar-refractivity contribution in [1.82, 2.24) is 9.55 Å². The molecule has 0 amide bonds. The molecule has 3 rings (SSSR count). The average molecular weight is 280 g/mol. The standard InChI is InChI=1S/C13H7F3N2S/c14-7-1-4-11-12(5-7)18(13(19)17-11)8-2-3-9(15)10(16)6-8/h1-6H,(H,17,19). The Balaban J connectivity index is 2.35. The van der Waals surface area contributed by atoms with Gasteiger partial charge in [0.1, 0.15) is 5.82 Å². The van der Waals surface area contributed by atoms with E-state index in [9.17, 15) is 13.2 Å². The summed E-state index contributed by atoms with van der Waals surface area (Å²) in [6.07, 6.45) is 0. The second-order valence-corrected chi connectivity index (χ2v) is 4.41. The van der Waals surface area contributed by atoms with Gasteiger partial charge in [0, 0.05) is 12.1 Å². The fourth-order valence-electron chi connectivity index (χ4n) is 1.96. The van der Waals surface area contributed by atoms with Crippen LogP contribution in [0.15, 0.2) is 36.4 Å². The van der Waals surface area contributed by atoms with Crippen molar-refractivity contribution in [1.29, 1.82) is 0 Å². The van der Waals surface area contributed by atoms with Gasteiger partial charge in [-0.05, 0) is 36.5 Å². The summed E-state index contributed by atoms with van der Waals surface area (Å²) in [5.74, 6) is -2.36. The Kier molecular flexibility index (Phi) is 2.67. The van der Waals surface area contributed by atoms with Gasteiger partial charge < -0.3 is 4.98 Å². The van der Waals surface area contributed by atoms with Crippen molar-refractivity contribution in [2.24, 2.45) is 0 Å². The van der Waals surface area contributed by atoms with Crippen molar-refractivity contribution in [3.63, 3.8) is 0 Å². The second-order valence-electron chi connectivity index (χ2n) is 4.03. The molecule has 96 valence electrons. The van der Waals surface area contributed by atoms with Crippen LogP contribution >= 0.6 is 12.2 Å². The monoisotopic (exact) mass is 280 g/mol. The Bertz CT molecular complexity index is 836. The number of nitrogens with one attached hydrogen (secondary N) is 1.